The Bertz CT molecular complexity index is 428. The third-order valence-electron chi connectivity index (χ3n) is 3.35. The number of carboxylic acids is 1. The molecule has 0 unspecified atom stereocenters. The molecule has 6 heteroatoms. The number of thiazole rings is 1. The van der Waals surface area contributed by atoms with Gasteiger partial charge in [0.15, 0.2) is 15.2 Å². The van der Waals surface area contributed by atoms with Crippen LogP contribution in [-0.4, -0.2) is 29.1 Å². The lowest BCUT2D eigenvalue weighted by molar-refractivity contribution is 0.0702. The predicted molar refractivity (Wildman–Crippen MR) is 73.9 cm³/mol. The largest absolute Gasteiger partial charge is 0.477 e. The fourth-order valence-corrected chi connectivity index (χ4v) is 3.55. The van der Waals surface area contributed by atoms with Crippen LogP contribution in [0.3, 0.4) is 0 Å². The molecule has 0 aromatic carbocycles. The van der Waals surface area contributed by atoms with E-state index in [1.807, 2.05) is 0 Å². The average molecular weight is 289 g/mol. The van der Waals surface area contributed by atoms with Crippen LogP contribution in [0, 0.1) is 5.92 Å². The molecule has 2 heterocycles. The molecule has 0 spiro atoms. The van der Waals surface area contributed by atoms with Gasteiger partial charge in [-0.25, -0.2) is 9.78 Å². The second-order valence-electron chi connectivity index (χ2n) is 4.64. The lowest BCUT2D eigenvalue weighted by atomic mass is 9.93. The Kier molecular flexibility index (Phi) is 4.45. The van der Waals surface area contributed by atoms with Crippen LogP contribution in [0.1, 0.15) is 42.3 Å². The van der Waals surface area contributed by atoms with Crippen LogP contribution in [0.4, 0.5) is 5.13 Å². The van der Waals surface area contributed by atoms with Crippen molar-refractivity contribution < 1.29 is 9.90 Å². The van der Waals surface area contributed by atoms with Crippen LogP contribution in [0.15, 0.2) is 0 Å². The zero-order valence-electron chi connectivity index (χ0n) is 10.4. The Balaban J connectivity index is 2.01. The minimum Gasteiger partial charge on any atom is -0.477 e. The van der Waals surface area contributed by atoms with E-state index in [4.69, 9.17) is 16.7 Å². The Morgan fingerprint density at radius 2 is 2.22 bits per heavy atom. The number of rotatable bonds is 4. The molecule has 0 bridgehead atoms. The summed E-state index contributed by atoms with van der Waals surface area (Å²) in [7, 11) is 0. The van der Waals surface area contributed by atoms with Gasteiger partial charge >= 0.3 is 5.97 Å². The Hall–Kier alpha value is -0.810. The van der Waals surface area contributed by atoms with Crippen molar-refractivity contribution in [3.8, 4) is 0 Å². The highest BCUT2D eigenvalue weighted by Gasteiger charge is 2.23. The summed E-state index contributed by atoms with van der Waals surface area (Å²) in [6.45, 7) is 4.12. The molecule has 1 N–H and O–H groups in total. The van der Waals surface area contributed by atoms with Gasteiger partial charge in [-0.3, -0.25) is 0 Å². The molecule has 2 rings (SSSR count). The van der Waals surface area contributed by atoms with Crippen molar-refractivity contribution in [1.82, 2.24) is 4.98 Å². The number of hydrogen-bond acceptors (Lipinski definition) is 4. The molecule has 0 atom stereocenters. The van der Waals surface area contributed by atoms with Crippen molar-refractivity contribution in [2.24, 2.45) is 5.92 Å². The zero-order chi connectivity index (χ0) is 13.1. The van der Waals surface area contributed by atoms with Gasteiger partial charge in [-0.15, -0.1) is 0 Å². The molecule has 0 saturated carbocycles. The van der Waals surface area contributed by atoms with Gasteiger partial charge in [-0.1, -0.05) is 42.7 Å². The minimum atomic E-state index is -0.996. The SMILES string of the molecule is CCCC1CCN(c2nc(Cl)c(C(=O)O)s2)CC1. The van der Waals surface area contributed by atoms with Crippen LogP contribution in [0.5, 0.6) is 0 Å². The number of aromatic nitrogens is 1. The summed E-state index contributed by atoms with van der Waals surface area (Å²) in [5.41, 5.74) is 0. The van der Waals surface area contributed by atoms with Crippen LogP contribution in [0.2, 0.25) is 5.15 Å². The first-order valence-corrected chi connectivity index (χ1v) is 7.45. The summed E-state index contributed by atoms with van der Waals surface area (Å²) < 4.78 is 0. The van der Waals surface area contributed by atoms with E-state index in [0.717, 1.165) is 37.0 Å². The number of nitrogens with zero attached hydrogens (tertiary/aromatic N) is 2. The minimum absolute atomic E-state index is 0.109. The predicted octanol–water partition coefficient (Wildman–Crippen LogP) is 3.51. The lowest BCUT2D eigenvalue weighted by Crippen LogP contribution is -2.33. The molecule has 100 valence electrons. The highest BCUT2D eigenvalue weighted by atomic mass is 35.5. The van der Waals surface area contributed by atoms with E-state index < -0.39 is 5.97 Å². The number of carbonyl (C=O) groups is 1. The van der Waals surface area contributed by atoms with E-state index in [1.54, 1.807) is 0 Å². The van der Waals surface area contributed by atoms with Gasteiger partial charge in [0.25, 0.3) is 0 Å². The second-order valence-corrected chi connectivity index (χ2v) is 5.98. The summed E-state index contributed by atoms with van der Waals surface area (Å²) in [5.74, 6) is -0.190. The molecule has 4 nitrogen and oxygen atoms in total. The van der Waals surface area contributed by atoms with Gasteiger partial charge in [0.1, 0.15) is 0 Å². The molecule has 1 aromatic heterocycles. The van der Waals surface area contributed by atoms with Gasteiger partial charge < -0.3 is 10.0 Å². The number of halogens is 1. The third kappa shape index (κ3) is 2.95. The Morgan fingerprint density at radius 3 is 2.72 bits per heavy atom. The van der Waals surface area contributed by atoms with Crippen molar-refractivity contribution in [2.45, 2.75) is 32.6 Å². The quantitative estimate of drug-likeness (QED) is 0.921. The number of carboxylic acid groups (broad SMARTS) is 1. The van der Waals surface area contributed by atoms with Gasteiger partial charge in [-0.05, 0) is 18.8 Å². The first kappa shape index (κ1) is 13.6. The molecule has 18 heavy (non-hydrogen) atoms. The van der Waals surface area contributed by atoms with E-state index in [2.05, 4.69) is 16.8 Å². The second kappa shape index (κ2) is 5.89. The fraction of sp³-hybridized carbons (Fsp3) is 0.667. The summed E-state index contributed by atoms with van der Waals surface area (Å²) >= 11 is 7.00. The Labute approximate surface area is 116 Å². The molecule has 1 aromatic rings. The standard InChI is InChI=1S/C12H17ClN2O2S/c1-2-3-8-4-6-15(7-5-8)12-14-10(13)9(18-12)11(16)17/h8H,2-7H2,1H3,(H,16,17). The van der Waals surface area contributed by atoms with Gasteiger partial charge in [0.2, 0.25) is 0 Å². The van der Waals surface area contributed by atoms with Crippen molar-refractivity contribution in [3.05, 3.63) is 10.0 Å². The monoisotopic (exact) mass is 288 g/mol. The highest BCUT2D eigenvalue weighted by Crippen LogP contribution is 2.32. The van der Waals surface area contributed by atoms with Crippen LogP contribution in [0.25, 0.3) is 0 Å². The molecule has 0 radical (unpaired) electrons. The third-order valence-corrected chi connectivity index (χ3v) is 4.84. The Morgan fingerprint density at radius 1 is 1.56 bits per heavy atom. The highest BCUT2D eigenvalue weighted by molar-refractivity contribution is 7.18. The summed E-state index contributed by atoms with van der Waals surface area (Å²) in [4.78, 5) is 17.4. The van der Waals surface area contributed by atoms with Gasteiger partial charge in [0.05, 0.1) is 0 Å². The van der Waals surface area contributed by atoms with Crippen LogP contribution < -0.4 is 4.90 Å². The van der Waals surface area contributed by atoms with E-state index in [9.17, 15) is 4.79 Å². The lowest BCUT2D eigenvalue weighted by Gasteiger charge is -2.31. The van der Waals surface area contributed by atoms with Crippen molar-refractivity contribution in [1.29, 1.82) is 0 Å². The molecular formula is C12H17ClN2O2S. The van der Waals surface area contributed by atoms with E-state index >= 15 is 0 Å². The number of piperidine rings is 1. The van der Waals surface area contributed by atoms with Crippen molar-refractivity contribution in [3.63, 3.8) is 0 Å². The summed E-state index contributed by atoms with van der Waals surface area (Å²) in [5, 5.41) is 9.81. The van der Waals surface area contributed by atoms with Crippen LogP contribution in [-0.2, 0) is 0 Å². The maximum Gasteiger partial charge on any atom is 0.349 e. The smallest absolute Gasteiger partial charge is 0.349 e. The topological polar surface area (TPSA) is 53.4 Å². The number of aromatic carboxylic acids is 1. The number of hydrogen-bond donors (Lipinski definition) is 1. The van der Waals surface area contributed by atoms with E-state index in [0.29, 0.717) is 0 Å². The molecule has 1 saturated heterocycles. The molecular weight excluding hydrogens is 272 g/mol. The van der Waals surface area contributed by atoms with Crippen LogP contribution >= 0.6 is 22.9 Å². The maximum atomic E-state index is 10.9. The fourth-order valence-electron chi connectivity index (χ4n) is 2.38. The number of anilines is 1. The molecule has 0 aliphatic carbocycles. The molecule has 0 amide bonds. The van der Waals surface area contributed by atoms with Gasteiger partial charge in [-0.2, -0.15) is 0 Å². The van der Waals surface area contributed by atoms with E-state index in [-0.39, 0.29) is 10.0 Å². The maximum absolute atomic E-state index is 10.9. The molecule has 1 aliphatic rings. The molecule has 1 fully saturated rings. The van der Waals surface area contributed by atoms with E-state index in [1.165, 1.54) is 24.2 Å². The van der Waals surface area contributed by atoms with Crippen molar-refractivity contribution >= 4 is 34.0 Å². The summed E-state index contributed by atoms with van der Waals surface area (Å²) in [6, 6.07) is 0. The zero-order valence-corrected chi connectivity index (χ0v) is 11.9. The summed E-state index contributed by atoms with van der Waals surface area (Å²) in [6.07, 6.45) is 4.84. The average Bonchev–Trinajstić information content (AvgIpc) is 2.73. The van der Waals surface area contributed by atoms with Crippen molar-refractivity contribution in [2.75, 3.05) is 18.0 Å². The van der Waals surface area contributed by atoms with Gasteiger partial charge in [0, 0.05) is 13.1 Å². The first-order valence-electron chi connectivity index (χ1n) is 6.26. The first-order chi connectivity index (χ1) is 8.61. The molecule has 1 aliphatic heterocycles. The normalized spacial score (nSPS) is 17.1.